The highest BCUT2D eigenvalue weighted by molar-refractivity contribution is 5.95. The number of benzene rings is 2. The molecule has 0 atom stereocenters. The standard InChI is InChI=1S/C26H33NO4/c1-6-21(24(28)29)17-20-10-12-22(13-11-20)27-25(30)26(4,5)14-7-15-31-23-16-18(2)8-9-19(23)3/h8-13,16-17H,6-7,14-15H2,1-5H3,(H,27,30)(H,28,29)/b21-17+. The number of carboxylic acids is 1. The molecular formula is C26H33NO4. The summed E-state index contributed by atoms with van der Waals surface area (Å²) in [5.41, 5.74) is 3.56. The molecule has 5 nitrogen and oxygen atoms in total. The summed E-state index contributed by atoms with van der Waals surface area (Å²) in [4.78, 5) is 23.9. The number of amides is 1. The number of hydrogen-bond acceptors (Lipinski definition) is 3. The Hall–Kier alpha value is -3.08. The van der Waals surface area contributed by atoms with Gasteiger partial charge in [0.15, 0.2) is 0 Å². The molecule has 0 aliphatic carbocycles. The van der Waals surface area contributed by atoms with Gasteiger partial charge in [0.05, 0.1) is 6.61 Å². The molecule has 0 aliphatic rings. The van der Waals surface area contributed by atoms with E-state index in [1.165, 1.54) is 0 Å². The Morgan fingerprint density at radius 1 is 1.10 bits per heavy atom. The largest absolute Gasteiger partial charge is 0.493 e. The first-order valence-corrected chi connectivity index (χ1v) is 10.7. The highest BCUT2D eigenvalue weighted by atomic mass is 16.5. The van der Waals surface area contributed by atoms with Gasteiger partial charge in [0.2, 0.25) is 5.91 Å². The molecule has 31 heavy (non-hydrogen) atoms. The van der Waals surface area contributed by atoms with Crippen molar-refractivity contribution in [3.05, 3.63) is 64.7 Å². The van der Waals surface area contributed by atoms with Gasteiger partial charge in [-0.15, -0.1) is 0 Å². The first kappa shape index (κ1) is 24.2. The second kappa shape index (κ2) is 10.8. The fourth-order valence-corrected chi connectivity index (χ4v) is 3.15. The summed E-state index contributed by atoms with van der Waals surface area (Å²) in [5.74, 6) is -0.0731. The normalized spacial score (nSPS) is 11.8. The fourth-order valence-electron chi connectivity index (χ4n) is 3.15. The number of aliphatic carboxylic acids is 1. The number of ether oxygens (including phenoxy) is 1. The average Bonchev–Trinajstić information content (AvgIpc) is 2.72. The van der Waals surface area contributed by atoms with Crippen LogP contribution >= 0.6 is 0 Å². The third-order valence-corrected chi connectivity index (χ3v) is 5.33. The number of anilines is 1. The second-order valence-corrected chi connectivity index (χ2v) is 8.51. The van der Waals surface area contributed by atoms with E-state index in [9.17, 15) is 9.59 Å². The lowest BCUT2D eigenvalue weighted by atomic mass is 9.87. The Morgan fingerprint density at radius 3 is 2.39 bits per heavy atom. The smallest absolute Gasteiger partial charge is 0.331 e. The first-order valence-electron chi connectivity index (χ1n) is 10.7. The van der Waals surface area contributed by atoms with Crippen molar-refractivity contribution in [3.63, 3.8) is 0 Å². The molecule has 5 heteroatoms. The molecule has 2 aromatic carbocycles. The van der Waals surface area contributed by atoms with Gasteiger partial charge in [-0.1, -0.05) is 45.0 Å². The summed E-state index contributed by atoms with van der Waals surface area (Å²) < 4.78 is 5.90. The third-order valence-electron chi connectivity index (χ3n) is 5.33. The molecule has 0 heterocycles. The molecule has 0 radical (unpaired) electrons. The summed E-state index contributed by atoms with van der Waals surface area (Å²) in [7, 11) is 0. The van der Waals surface area contributed by atoms with E-state index in [-0.39, 0.29) is 5.91 Å². The Labute approximate surface area is 185 Å². The molecule has 2 rings (SSSR count). The Bertz CT molecular complexity index is 942. The zero-order chi connectivity index (χ0) is 23.0. The van der Waals surface area contributed by atoms with Gasteiger partial charge >= 0.3 is 5.97 Å². The molecule has 0 fully saturated rings. The summed E-state index contributed by atoms with van der Waals surface area (Å²) in [6.07, 6.45) is 3.57. The average molecular weight is 424 g/mol. The number of aryl methyl sites for hydroxylation is 2. The van der Waals surface area contributed by atoms with Crippen LogP contribution in [0.3, 0.4) is 0 Å². The highest BCUT2D eigenvalue weighted by Crippen LogP contribution is 2.26. The fraction of sp³-hybridized carbons (Fsp3) is 0.385. The SMILES string of the molecule is CC/C(=C\c1ccc(NC(=O)C(C)(C)CCCOc2cc(C)ccc2C)cc1)C(=O)O. The minimum atomic E-state index is -0.914. The molecule has 166 valence electrons. The summed E-state index contributed by atoms with van der Waals surface area (Å²) in [5, 5.41) is 12.1. The van der Waals surface area contributed by atoms with Crippen LogP contribution in [0, 0.1) is 19.3 Å². The monoisotopic (exact) mass is 423 g/mol. The van der Waals surface area contributed by atoms with Crippen molar-refractivity contribution < 1.29 is 19.4 Å². The maximum Gasteiger partial charge on any atom is 0.331 e. The van der Waals surface area contributed by atoms with Gasteiger partial charge in [0.25, 0.3) is 0 Å². The van der Waals surface area contributed by atoms with Crippen LogP contribution in [-0.4, -0.2) is 23.6 Å². The lowest BCUT2D eigenvalue weighted by Crippen LogP contribution is -2.31. The molecule has 2 aromatic rings. The molecule has 0 saturated carbocycles. The number of rotatable bonds is 10. The van der Waals surface area contributed by atoms with Crippen molar-refractivity contribution in [3.8, 4) is 5.75 Å². The number of carbonyl (C=O) groups is 2. The van der Waals surface area contributed by atoms with Crippen molar-refractivity contribution >= 4 is 23.6 Å². The Kier molecular flexibility index (Phi) is 8.43. The van der Waals surface area contributed by atoms with Crippen LogP contribution in [0.25, 0.3) is 6.08 Å². The minimum absolute atomic E-state index is 0.0534. The molecule has 0 aliphatic heterocycles. The lowest BCUT2D eigenvalue weighted by Gasteiger charge is -2.23. The highest BCUT2D eigenvalue weighted by Gasteiger charge is 2.27. The number of hydrogen-bond donors (Lipinski definition) is 2. The van der Waals surface area contributed by atoms with Crippen LogP contribution in [0.1, 0.15) is 56.7 Å². The van der Waals surface area contributed by atoms with E-state index in [0.717, 1.165) is 28.9 Å². The van der Waals surface area contributed by atoms with Crippen LogP contribution in [0.4, 0.5) is 5.69 Å². The Balaban J connectivity index is 1.88. The van der Waals surface area contributed by atoms with Crippen molar-refractivity contribution in [2.45, 2.75) is 53.9 Å². The first-order chi connectivity index (χ1) is 14.6. The predicted molar refractivity (Wildman–Crippen MR) is 125 cm³/mol. The molecule has 1 amide bonds. The lowest BCUT2D eigenvalue weighted by molar-refractivity contribution is -0.132. The van der Waals surface area contributed by atoms with E-state index in [2.05, 4.69) is 11.4 Å². The predicted octanol–water partition coefficient (Wildman–Crippen LogP) is 6.01. The maximum absolute atomic E-state index is 12.8. The quantitative estimate of drug-likeness (QED) is 0.363. The van der Waals surface area contributed by atoms with Gasteiger partial charge in [-0.25, -0.2) is 4.79 Å². The summed E-state index contributed by atoms with van der Waals surface area (Å²) in [6, 6.07) is 13.3. The summed E-state index contributed by atoms with van der Waals surface area (Å²) >= 11 is 0. The van der Waals surface area contributed by atoms with Crippen LogP contribution in [0.15, 0.2) is 48.0 Å². The zero-order valence-electron chi connectivity index (χ0n) is 19.1. The molecule has 2 N–H and O–H groups in total. The van der Waals surface area contributed by atoms with Gasteiger partial charge in [-0.05, 0) is 74.1 Å². The molecule has 0 bridgehead atoms. The summed E-state index contributed by atoms with van der Waals surface area (Å²) in [6.45, 7) is 10.3. The Morgan fingerprint density at radius 2 is 1.77 bits per heavy atom. The zero-order valence-corrected chi connectivity index (χ0v) is 19.1. The number of carbonyl (C=O) groups excluding carboxylic acids is 1. The van der Waals surface area contributed by atoms with Gasteiger partial charge in [-0.3, -0.25) is 4.79 Å². The minimum Gasteiger partial charge on any atom is -0.493 e. The van der Waals surface area contributed by atoms with Crippen molar-refractivity contribution in [2.24, 2.45) is 5.41 Å². The molecule has 0 unspecified atom stereocenters. The second-order valence-electron chi connectivity index (χ2n) is 8.51. The van der Waals surface area contributed by atoms with E-state index in [0.29, 0.717) is 30.7 Å². The molecule has 0 aromatic heterocycles. The van der Waals surface area contributed by atoms with E-state index < -0.39 is 11.4 Å². The van der Waals surface area contributed by atoms with Crippen LogP contribution in [-0.2, 0) is 9.59 Å². The van der Waals surface area contributed by atoms with E-state index >= 15 is 0 Å². The molecule has 0 saturated heterocycles. The van der Waals surface area contributed by atoms with Crippen LogP contribution < -0.4 is 10.1 Å². The van der Waals surface area contributed by atoms with Crippen LogP contribution in [0.5, 0.6) is 5.75 Å². The third kappa shape index (κ3) is 7.28. The maximum atomic E-state index is 12.8. The van der Waals surface area contributed by atoms with Crippen molar-refractivity contribution in [2.75, 3.05) is 11.9 Å². The van der Waals surface area contributed by atoms with Gasteiger partial charge in [0, 0.05) is 16.7 Å². The topological polar surface area (TPSA) is 75.6 Å². The number of nitrogens with one attached hydrogen (secondary N) is 1. The van der Waals surface area contributed by atoms with E-state index in [4.69, 9.17) is 9.84 Å². The molecular weight excluding hydrogens is 390 g/mol. The molecule has 0 spiro atoms. The van der Waals surface area contributed by atoms with Crippen molar-refractivity contribution in [1.82, 2.24) is 0 Å². The number of carboxylic acid groups (broad SMARTS) is 1. The van der Waals surface area contributed by atoms with E-state index in [1.54, 1.807) is 30.3 Å². The van der Waals surface area contributed by atoms with Gasteiger partial charge in [-0.2, -0.15) is 0 Å². The van der Waals surface area contributed by atoms with E-state index in [1.807, 2.05) is 46.8 Å². The van der Waals surface area contributed by atoms with Gasteiger partial charge in [0.1, 0.15) is 5.75 Å². The van der Waals surface area contributed by atoms with Crippen LogP contribution in [0.2, 0.25) is 0 Å². The van der Waals surface area contributed by atoms with Crippen molar-refractivity contribution in [1.29, 1.82) is 0 Å². The van der Waals surface area contributed by atoms with Gasteiger partial charge < -0.3 is 15.2 Å².